The number of urea groups is 1. The zero-order valence-corrected chi connectivity index (χ0v) is 20.2. The van der Waals surface area contributed by atoms with E-state index in [2.05, 4.69) is 25.3 Å². The van der Waals surface area contributed by atoms with E-state index in [1.807, 2.05) is 6.92 Å². The van der Waals surface area contributed by atoms with Crippen LogP contribution >= 0.6 is 11.6 Å². The fraction of sp³-hybridized carbons (Fsp3) is 0.409. The molecule has 2 atom stereocenters. The molecule has 0 spiro atoms. The second-order valence-electron chi connectivity index (χ2n) is 8.19. The molecular formula is C22H25ClFN7O3. The van der Waals surface area contributed by atoms with Crippen LogP contribution in [0.2, 0.25) is 5.02 Å². The van der Waals surface area contributed by atoms with Gasteiger partial charge < -0.3 is 19.9 Å². The summed E-state index contributed by atoms with van der Waals surface area (Å²) in [7, 11) is 3.03. The Morgan fingerprint density at radius 1 is 1.32 bits per heavy atom. The predicted molar refractivity (Wildman–Crippen MR) is 127 cm³/mol. The van der Waals surface area contributed by atoms with E-state index in [9.17, 15) is 14.0 Å². The molecule has 12 heteroatoms. The number of nitrogens with one attached hydrogen (secondary N) is 2. The number of nitrogens with zero attached hydrogens (tertiary/aromatic N) is 5. The second kappa shape index (κ2) is 9.05. The Morgan fingerprint density at radius 2 is 2.06 bits per heavy atom. The summed E-state index contributed by atoms with van der Waals surface area (Å²) in [6.07, 6.45) is 0.746. The normalized spacial score (nSPS) is 16.9. The van der Waals surface area contributed by atoms with E-state index in [0.717, 1.165) is 6.42 Å². The van der Waals surface area contributed by atoms with E-state index in [1.165, 1.54) is 13.2 Å². The van der Waals surface area contributed by atoms with Gasteiger partial charge in [-0.1, -0.05) is 18.5 Å². The number of amides is 2. The number of rotatable bonds is 6. The zero-order valence-electron chi connectivity index (χ0n) is 19.4. The molecule has 1 aromatic carbocycles. The Balaban J connectivity index is 1.68. The quantitative estimate of drug-likeness (QED) is 0.542. The first-order valence-corrected chi connectivity index (χ1v) is 11.1. The fourth-order valence-corrected chi connectivity index (χ4v) is 4.35. The average Bonchev–Trinajstić information content (AvgIpc) is 3.07. The van der Waals surface area contributed by atoms with Gasteiger partial charge in [0.1, 0.15) is 5.82 Å². The third kappa shape index (κ3) is 4.11. The first-order valence-electron chi connectivity index (χ1n) is 10.8. The maximum absolute atomic E-state index is 14.7. The molecule has 180 valence electrons. The molecule has 3 heterocycles. The molecule has 4 rings (SSSR count). The molecule has 2 amide bonds. The van der Waals surface area contributed by atoms with Gasteiger partial charge in [0, 0.05) is 24.5 Å². The number of aromatic amines is 1. The molecule has 34 heavy (non-hydrogen) atoms. The number of carbonyl (C=O) groups excluding carboxylic acids is 1. The van der Waals surface area contributed by atoms with E-state index in [4.69, 9.17) is 16.3 Å². The van der Waals surface area contributed by atoms with Crippen LogP contribution in [0.15, 0.2) is 16.9 Å². The van der Waals surface area contributed by atoms with E-state index < -0.39 is 17.4 Å². The minimum atomic E-state index is -0.738. The van der Waals surface area contributed by atoms with Crippen molar-refractivity contribution in [3.05, 3.63) is 44.7 Å². The van der Waals surface area contributed by atoms with Crippen molar-refractivity contribution in [2.24, 2.45) is 0 Å². The Bertz CT molecular complexity index is 1330. The summed E-state index contributed by atoms with van der Waals surface area (Å²) in [4.78, 5) is 44.3. The van der Waals surface area contributed by atoms with E-state index in [1.54, 1.807) is 36.8 Å². The number of pyridine rings is 1. The number of aromatic nitrogens is 4. The fourth-order valence-electron chi connectivity index (χ4n) is 4.08. The van der Waals surface area contributed by atoms with Crippen molar-refractivity contribution in [3.63, 3.8) is 0 Å². The van der Waals surface area contributed by atoms with Gasteiger partial charge in [0.25, 0.3) is 5.56 Å². The minimum absolute atomic E-state index is 0.00256. The highest BCUT2D eigenvalue weighted by Gasteiger charge is 2.37. The number of hydrogen-bond donors (Lipinski definition) is 2. The summed E-state index contributed by atoms with van der Waals surface area (Å²) in [5.74, 6) is 0.00910. The van der Waals surface area contributed by atoms with Crippen molar-refractivity contribution >= 4 is 40.4 Å². The van der Waals surface area contributed by atoms with Crippen molar-refractivity contribution in [1.82, 2.24) is 24.8 Å². The van der Waals surface area contributed by atoms with Gasteiger partial charge in [0.05, 0.1) is 29.7 Å². The molecule has 1 fully saturated rings. The van der Waals surface area contributed by atoms with Crippen molar-refractivity contribution in [2.45, 2.75) is 39.3 Å². The highest BCUT2D eigenvalue weighted by Crippen LogP contribution is 2.33. The van der Waals surface area contributed by atoms with Crippen LogP contribution < -0.4 is 20.5 Å². The standard InChI is InChI=1S/C22H25ClFN7O3/c1-6-13-9-30(4)22(33)31(13)21-27-11(3)26-20(29-21)25-10(2)14-7-12-8-15(23)18(34-5)16(24)17(12)28-19(14)32/h7-8,10,13H,6,9H2,1-5H3,(H,28,32)(H,25,26,27,29)/t10-,13-/m0/s1. The predicted octanol–water partition coefficient (Wildman–Crippen LogP) is 3.65. The van der Waals surface area contributed by atoms with Crippen LogP contribution in [0.3, 0.4) is 0 Å². The highest BCUT2D eigenvalue weighted by molar-refractivity contribution is 6.32. The molecule has 1 saturated heterocycles. The van der Waals surface area contributed by atoms with Crippen LogP contribution in [0.25, 0.3) is 10.9 Å². The molecule has 2 aromatic heterocycles. The van der Waals surface area contributed by atoms with Gasteiger partial charge in [0.2, 0.25) is 11.9 Å². The summed E-state index contributed by atoms with van der Waals surface area (Å²) in [6, 6.07) is 2.30. The number of aryl methyl sites for hydroxylation is 1. The largest absolute Gasteiger partial charge is 0.492 e. The number of ether oxygens (including phenoxy) is 1. The molecule has 10 nitrogen and oxygen atoms in total. The molecule has 1 aliphatic rings. The molecule has 0 radical (unpaired) electrons. The van der Waals surface area contributed by atoms with E-state index >= 15 is 0 Å². The number of H-pyrrole nitrogens is 1. The summed E-state index contributed by atoms with van der Waals surface area (Å²) in [6.45, 7) is 6.03. The van der Waals surface area contributed by atoms with Gasteiger partial charge in [-0.2, -0.15) is 15.0 Å². The number of likely N-dealkylation sites (N-methyl/N-ethyl adjacent to an activating group) is 1. The smallest absolute Gasteiger partial charge is 0.327 e. The van der Waals surface area contributed by atoms with Crippen LogP contribution in [-0.4, -0.2) is 57.6 Å². The number of carbonyl (C=O) groups is 1. The Labute approximate surface area is 200 Å². The number of fused-ring (bicyclic) bond motifs is 1. The lowest BCUT2D eigenvalue weighted by molar-refractivity contribution is 0.229. The van der Waals surface area contributed by atoms with Gasteiger partial charge in [-0.05, 0) is 32.4 Å². The molecule has 0 bridgehead atoms. The Kier molecular flexibility index (Phi) is 6.30. The number of anilines is 2. The summed E-state index contributed by atoms with van der Waals surface area (Å²) >= 11 is 6.12. The van der Waals surface area contributed by atoms with Gasteiger partial charge in [-0.3, -0.25) is 9.69 Å². The topological polar surface area (TPSA) is 116 Å². The summed E-state index contributed by atoms with van der Waals surface area (Å²) in [5, 5.41) is 3.60. The van der Waals surface area contributed by atoms with E-state index in [-0.39, 0.29) is 40.3 Å². The molecule has 0 saturated carbocycles. The molecule has 2 N–H and O–H groups in total. The van der Waals surface area contributed by atoms with Crippen LogP contribution in [0.1, 0.15) is 37.7 Å². The lowest BCUT2D eigenvalue weighted by atomic mass is 10.1. The second-order valence-corrected chi connectivity index (χ2v) is 8.60. The van der Waals surface area contributed by atoms with Crippen molar-refractivity contribution in [1.29, 1.82) is 0 Å². The number of methoxy groups -OCH3 is 1. The Morgan fingerprint density at radius 3 is 2.74 bits per heavy atom. The molecule has 0 aliphatic carbocycles. The zero-order chi connectivity index (χ0) is 24.7. The van der Waals surface area contributed by atoms with Gasteiger partial charge in [0.15, 0.2) is 11.6 Å². The monoisotopic (exact) mass is 489 g/mol. The van der Waals surface area contributed by atoms with Crippen LogP contribution in [0.5, 0.6) is 5.75 Å². The van der Waals surface area contributed by atoms with Crippen LogP contribution in [-0.2, 0) is 0 Å². The number of benzene rings is 1. The molecular weight excluding hydrogens is 465 g/mol. The number of halogens is 2. The molecule has 0 unspecified atom stereocenters. The highest BCUT2D eigenvalue weighted by atomic mass is 35.5. The first kappa shape index (κ1) is 23.7. The van der Waals surface area contributed by atoms with Crippen molar-refractivity contribution in [3.8, 4) is 5.75 Å². The summed E-state index contributed by atoms with van der Waals surface area (Å²) in [5.41, 5.74) is -0.150. The third-order valence-corrected chi connectivity index (χ3v) is 6.12. The average molecular weight is 490 g/mol. The summed E-state index contributed by atoms with van der Waals surface area (Å²) < 4.78 is 19.7. The third-order valence-electron chi connectivity index (χ3n) is 5.84. The minimum Gasteiger partial charge on any atom is -0.492 e. The number of hydrogen-bond acceptors (Lipinski definition) is 7. The maximum Gasteiger partial charge on any atom is 0.327 e. The first-order chi connectivity index (χ1) is 16.1. The van der Waals surface area contributed by atoms with Gasteiger partial charge >= 0.3 is 6.03 Å². The van der Waals surface area contributed by atoms with Gasteiger partial charge in [-0.15, -0.1) is 0 Å². The van der Waals surface area contributed by atoms with Crippen LogP contribution in [0, 0.1) is 12.7 Å². The van der Waals surface area contributed by atoms with Gasteiger partial charge in [-0.25, -0.2) is 9.18 Å². The van der Waals surface area contributed by atoms with Crippen molar-refractivity contribution < 1.29 is 13.9 Å². The lowest BCUT2D eigenvalue weighted by Crippen LogP contribution is -2.36. The molecule has 1 aliphatic heterocycles. The van der Waals surface area contributed by atoms with Crippen molar-refractivity contribution in [2.75, 3.05) is 30.9 Å². The van der Waals surface area contributed by atoms with Crippen LogP contribution in [0.4, 0.5) is 21.1 Å². The Hall–Kier alpha value is -3.47. The molecule has 3 aromatic rings. The lowest BCUT2D eigenvalue weighted by Gasteiger charge is -2.21. The maximum atomic E-state index is 14.7. The SMILES string of the molecule is CC[C@H]1CN(C)C(=O)N1c1nc(C)nc(N[C@@H](C)c2cc3cc(Cl)c(OC)c(F)c3[nH]c2=O)n1. The van der Waals surface area contributed by atoms with E-state index in [0.29, 0.717) is 23.3 Å².